The van der Waals surface area contributed by atoms with Crippen molar-refractivity contribution in [3.05, 3.63) is 75.1 Å². The molecular weight excluding hydrogens is 460 g/mol. The molecule has 8 nitrogen and oxygen atoms in total. The highest BCUT2D eigenvalue weighted by Crippen LogP contribution is 2.24. The van der Waals surface area contributed by atoms with Gasteiger partial charge in [0.2, 0.25) is 5.91 Å². The largest absolute Gasteiger partial charge is 0.489 e. The van der Waals surface area contributed by atoms with Gasteiger partial charge in [0.05, 0.1) is 6.42 Å². The Bertz CT molecular complexity index is 1230. The Morgan fingerprint density at radius 3 is 2.53 bits per heavy atom. The predicted molar refractivity (Wildman–Crippen MR) is 129 cm³/mol. The molecule has 0 saturated carbocycles. The standard InChI is InChI=1S/C25H27ClN2O6/c1-25(2,3)34-24(31)28-10-9-27-22(29)12-17-13-23(30)33-21-14-19(7-8-20(17)21)32-15-16-5-4-6-18(26)11-16/h4-8,11,13-14H,9-10,12,15H2,1-3H3,(H,27,29)(H,28,31). The fourth-order valence-corrected chi connectivity index (χ4v) is 3.37. The van der Waals surface area contributed by atoms with E-state index in [-0.39, 0.29) is 25.4 Å². The first-order valence-electron chi connectivity index (χ1n) is 10.8. The minimum absolute atomic E-state index is 0.0166. The van der Waals surface area contributed by atoms with Gasteiger partial charge in [-0.1, -0.05) is 23.7 Å². The van der Waals surface area contributed by atoms with Gasteiger partial charge in [-0.05, 0) is 56.2 Å². The number of amides is 2. The quantitative estimate of drug-likeness (QED) is 0.365. The Morgan fingerprint density at radius 2 is 1.79 bits per heavy atom. The Morgan fingerprint density at radius 1 is 1.03 bits per heavy atom. The summed E-state index contributed by atoms with van der Waals surface area (Å²) in [5, 5.41) is 6.53. The number of carbonyl (C=O) groups is 2. The third-order valence-corrected chi connectivity index (χ3v) is 4.80. The smallest absolute Gasteiger partial charge is 0.407 e. The van der Waals surface area contributed by atoms with Gasteiger partial charge in [0.1, 0.15) is 23.5 Å². The first-order chi connectivity index (χ1) is 16.1. The van der Waals surface area contributed by atoms with Gasteiger partial charge in [-0.25, -0.2) is 9.59 Å². The van der Waals surface area contributed by atoms with Gasteiger partial charge in [-0.15, -0.1) is 0 Å². The topological polar surface area (TPSA) is 107 Å². The van der Waals surface area contributed by atoms with Crippen molar-refractivity contribution < 1.29 is 23.5 Å². The number of ether oxygens (including phenoxy) is 2. The summed E-state index contributed by atoms with van der Waals surface area (Å²) in [4.78, 5) is 36.1. The van der Waals surface area contributed by atoms with Crippen LogP contribution >= 0.6 is 11.6 Å². The summed E-state index contributed by atoms with van der Waals surface area (Å²) in [5.74, 6) is 0.226. The third-order valence-electron chi connectivity index (χ3n) is 4.56. The molecule has 0 aliphatic heterocycles. The minimum Gasteiger partial charge on any atom is -0.489 e. The van der Waals surface area contributed by atoms with Crippen LogP contribution in [0.15, 0.2) is 57.7 Å². The number of fused-ring (bicyclic) bond motifs is 1. The van der Waals surface area contributed by atoms with Crippen molar-refractivity contribution in [3.8, 4) is 5.75 Å². The second-order valence-corrected chi connectivity index (χ2v) is 9.06. The van der Waals surface area contributed by atoms with Crippen LogP contribution in [0.3, 0.4) is 0 Å². The van der Waals surface area contributed by atoms with Gasteiger partial charge >= 0.3 is 11.7 Å². The van der Waals surface area contributed by atoms with Gasteiger partial charge in [0.15, 0.2) is 0 Å². The summed E-state index contributed by atoms with van der Waals surface area (Å²) in [7, 11) is 0. The number of rotatable bonds is 8. The van der Waals surface area contributed by atoms with E-state index in [1.165, 1.54) is 6.07 Å². The average Bonchev–Trinajstić information content (AvgIpc) is 2.74. The second kappa shape index (κ2) is 11.1. The fourth-order valence-electron chi connectivity index (χ4n) is 3.16. The lowest BCUT2D eigenvalue weighted by Crippen LogP contribution is -2.38. The lowest BCUT2D eigenvalue weighted by Gasteiger charge is -2.19. The predicted octanol–water partition coefficient (Wildman–Crippen LogP) is 4.21. The van der Waals surface area contributed by atoms with E-state index < -0.39 is 17.3 Å². The van der Waals surface area contributed by atoms with Crippen LogP contribution in [0.5, 0.6) is 5.75 Å². The summed E-state index contributed by atoms with van der Waals surface area (Å²) in [6.45, 7) is 6.04. The van der Waals surface area contributed by atoms with E-state index in [4.69, 9.17) is 25.5 Å². The number of carbonyl (C=O) groups excluding carboxylic acids is 2. The maximum Gasteiger partial charge on any atom is 0.407 e. The summed E-state index contributed by atoms with van der Waals surface area (Å²) < 4.78 is 16.2. The molecule has 34 heavy (non-hydrogen) atoms. The normalized spacial score (nSPS) is 11.2. The molecule has 1 heterocycles. The van der Waals surface area contributed by atoms with E-state index in [2.05, 4.69) is 10.6 Å². The molecule has 0 bridgehead atoms. The van der Waals surface area contributed by atoms with Crippen molar-refractivity contribution in [2.45, 2.75) is 39.4 Å². The summed E-state index contributed by atoms with van der Waals surface area (Å²) >= 11 is 6.00. The molecule has 0 fully saturated rings. The molecule has 0 atom stereocenters. The number of hydrogen-bond acceptors (Lipinski definition) is 6. The molecule has 2 amide bonds. The molecule has 180 valence electrons. The van der Waals surface area contributed by atoms with E-state index in [1.807, 2.05) is 18.2 Å². The molecule has 0 radical (unpaired) electrons. The molecule has 1 aromatic heterocycles. The van der Waals surface area contributed by atoms with Crippen LogP contribution in [0, 0.1) is 0 Å². The van der Waals surface area contributed by atoms with Crippen molar-refractivity contribution in [1.82, 2.24) is 10.6 Å². The number of halogens is 1. The van der Waals surface area contributed by atoms with Crippen molar-refractivity contribution >= 4 is 34.6 Å². The Balaban J connectivity index is 1.59. The van der Waals surface area contributed by atoms with Gasteiger partial charge in [-0.3, -0.25) is 4.79 Å². The Hall–Kier alpha value is -3.52. The maximum absolute atomic E-state index is 12.4. The Labute approximate surface area is 202 Å². The molecule has 2 aromatic carbocycles. The van der Waals surface area contributed by atoms with E-state index in [0.29, 0.717) is 33.9 Å². The average molecular weight is 487 g/mol. The Kier molecular flexibility index (Phi) is 8.17. The summed E-state index contributed by atoms with van der Waals surface area (Å²) in [6, 6.07) is 13.7. The lowest BCUT2D eigenvalue weighted by atomic mass is 10.1. The maximum atomic E-state index is 12.4. The van der Waals surface area contributed by atoms with E-state index in [9.17, 15) is 14.4 Å². The summed E-state index contributed by atoms with van der Waals surface area (Å²) in [6.07, 6.45) is -0.571. The zero-order valence-corrected chi connectivity index (χ0v) is 20.0. The van der Waals surface area contributed by atoms with Crippen molar-refractivity contribution in [2.24, 2.45) is 0 Å². The van der Waals surface area contributed by atoms with Crippen LogP contribution in [0.4, 0.5) is 4.79 Å². The molecule has 0 spiro atoms. The van der Waals surface area contributed by atoms with Crippen molar-refractivity contribution in [1.29, 1.82) is 0 Å². The highest BCUT2D eigenvalue weighted by molar-refractivity contribution is 6.30. The first-order valence-corrected chi connectivity index (χ1v) is 11.1. The van der Waals surface area contributed by atoms with E-state index in [0.717, 1.165) is 5.56 Å². The molecule has 0 unspecified atom stereocenters. The second-order valence-electron chi connectivity index (χ2n) is 8.62. The first kappa shape index (κ1) is 25.1. The molecule has 9 heteroatoms. The molecule has 3 aromatic rings. The van der Waals surface area contributed by atoms with Crippen LogP contribution in [0.25, 0.3) is 11.0 Å². The molecule has 3 rings (SSSR count). The fraction of sp³-hybridized carbons (Fsp3) is 0.320. The highest BCUT2D eigenvalue weighted by atomic mass is 35.5. The van der Waals surface area contributed by atoms with Crippen molar-refractivity contribution in [2.75, 3.05) is 13.1 Å². The third kappa shape index (κ3) is 7.81. The molecule has 0 aliphatic rings. The van der Waals surface area contributed by atoms with E-state index in [1.54, 1.807) is 45.0 Å². The summed E-state index contributed by atoms with van der Waals surface area (Å²) in [5.41, 5.74) is 0.605. The number of hydrogen-bond donors (Lipinski definition) is 2. The molecular formula is C25H27ClN2O6. The van der Waals surface area contributed by atoms with Gasteiger partial charge in [0.25, 0.3) is 0 Å². The van der Waals surface area contributed by atoms with Gasteiger partial charge < -0.3 is 24.5 Å². The van der Waals surface area contributed by atoms with Gasteiger partial charge in [-0.2, -0.15) is 0 Å². The lowest BCUT2D eigenvalue weighted by molar-refractivity contribution is -0.120. The number of benzene rings is 2. The van der Waals surface area contributed by atoms with Crippen LogP contribution < -0.4 is 21.0 Å². The van der Waals surface area contributed by atoms with Crippen LogP contribution in [-0.4, -0.2) is 30.7 Å². The minimum atomic E-state index is -0.594. The van der Waals surface area contributed by atoms with Crippen LogP contribution in [-0.2, 0) is 22.6 Å². The van der Waals surface area contributed by atoms with Crippen LogP contribution in [0.1, 0.15) is 31.9 Å². The SMILES string of the molecule is CC(C)(C)OC(=O)NCCNC(=O)Cc1cc(=O)oc2cc(OCc3cccc(Cl)c3)ccc12. The number of nitrogens with one attached hydrogen (secondary N) is 2. The number of alkyl carbamates (subject to hydrolysis) is 1. The highest BCUT2D eigenvalue weighted by Gasteiger charge is 2.16. The zero-order chi connectivity index (χ0) is 24.7. The molecule has 0 aliphatic carbocycles. The van der Waals surface area contributed by atoms with Crippen molar-refractivity contribution in [3.63, 3.8) is 0 Å². The van der Waals surface area contributed by atoms with Crippen LogP contribution in [0.2, 0.25) is 5.02 Å². The van der Waals surface area contributed by atoms with Gasteiger partial charge in [0, 0.05) is 35.6 Å². The molecule has 0 saturated heterocycles. The monoisotopic (exact) mass is 486 g/mol. The van der Waals surface area contributed by atoms with E-state index >= 15 is 0 Å². The molecule has 2 N–H and O–H groups in total. The zero-order valence-electron chi connectivity index (χ0n) is 19.3.